The van der Waals surface area contributed by atoms with E-state index in [9.17, 15) is 9.59 Å². The van der Waals surface area contributed by atoms with Crippen molar-refractivity contribution in [2.24, 2.45) is 0 Å². The first-order valence-corrected chi connectivity index (χ1v) is 13.1. The molecule has 1 aromatic heterocycles. The third kappa shape index (κ3) is 5.06. The van der Waals surface area contributed by atoms with E-state index in [-0.39, 0.29) is 17.7 Å². The Bertz CT molecular complexity index is 1330. The lowest BCUT2D eigenvalue weighted by molar-refractivity contribution is 0.0708. The summed E-state index contributed by atoms with van der Waals surface area (Å²) in [6.07, 6.45) is 1.50. The van der Waals surface area contributed by atoms with Crippen molar-refractivity contribution in [1.82, 2.24) is 9.88 Å². The maximum absolute atomic E-state index is 13.3. The summed E-state index contributed by atoms with van der Waals surface area (Å²) in [5.41, 5.74) is 1.41. The van der Waals surface area contributed by atoms with E-state index >= 15 is 0 Å². The van der Waals surface area contributed by atoms with Crippen LogP contribution >= 0.6 is 11.3 Å². The van der Waals surface area contributed by atoms with Gasteiger partial charge in [0.2, 0.25) is 5.75 Å². The molecule has 0 spiro atoms. The lowest BCUT2D eigenvalue weighted by Gasteiger charge is -2.31. The van der Waals surface area contributed by atoms with Gasteiger partial charge in [0.15, 0.2) is 23.0 Å². The Morgan fingerprint density at radius 2 is 1.71 bits per heavy atom. The number of methoxy groups -OCH3 is 3. The van der Waals surface area contributed by atoms with Crippen LogP contribution in [0.4, 0.5) is 5.69 Å². The predicted molar refractivity (Wildman–Crippen MR) is 141 cm³/mol. The fourth-order valence-electron chi connectivity index (χ4n) is 4.67. The van der Waals surface area contributed by atoms with Crippen LogP contribution in [0, 0.1) is 0 Å². The van der Waals surface area contributed by atoms with E-state index in [1.807, 2.05) is 4.90 Å². The molecule has 0 radical (unpaired) electrons. The van der Waals surface area contributed by atoms with Crippen molar-refractivity contribution < 1.29 is 33.3 Å². The molecule has 1 saturated heterocycles. The molecule has 5 rings (SSSR count). The van der Waals surface area contributed by atoms with Crippen LogP contribution in [-0.2, 0) is 0 Å². The molecular weight excluding hydrogens is 510 g/mol. The third-order valence-corrected chi connectivity index (χ3v) is 7.63. The van der Waals surface area contributed by atoms with Gasteiger partial charge in [0.1, 0.15) is 18.9 Å². The zero-order valence-corrected chi connectivity index (χ0v) is 22.3. The van der Waals surface area contributed by atoms with Gasteiger partial charge in [0, 0.05) is 36.1 Å². The Morgan fingerprint density at radius 3 is 2.42 bits per heavy atom. The highest BCUT2D eigenvalue weighted by atomic mass is 32.1. The summed E-state index contributed by atoms with van der Waals surface area (Å²) in [4.78, 5) is 32.5. The number of carbonyl (C=O) groups is 2. The molecule has 0 unspecified atom stereocenters. The van der Waals surface area contributed by atoms with E-state index in [4.69, 9.17) is 23.7 Å². The maximum atomic E-state index is 13.3. The number of piperidine rings is 1. The molecule has 0 atom stereocenters. The van der Waals surface area contributed by atoms with Gasteiger partial charge in [-0.05, 0) is 37.1 Å². The first-order chi connectivity index (χ1) is 18.5. The molecule has 38 heavy (non-hydrogen) atoms. The molecule has 0 aliphatic carbocycles. The fraction of sp³-hybridized carbons (Fsp3) is 0.370. The van der Waals surface area contributed by atoms with E-state index in [1.54, 1.807) is 35.7 Å². The van der Waals surface area contributed by atoms with Crippen molar-refractivity contribution in [3.8, 4) is 28.7 Å². The minimum Gasteiger partial charge on any atom is -0.493 e. The first kappa shape index (κ1) is 25.7. The van der Waals surface area contributed by atoms with Gasteiger partial charge in [-0.2, -0.15) is 0 Å². The Hall–Kier alpha value is -3.99. The average Bonchev–Trinajstić information content (AvgIpc) is 3.46. The SMILES string of the molecule is COc1ccc(C(=O)N2CCC(c3nc(C(=O)Nc4ccc5c(c4)OCCO5)cs3)CC2)c(OC)c1OC. The summed E-state index contributed by atoms with van der Waals surface area (Å²) in [5, 5.41) is 5.55. The van der Waals surface area contributed by atoms with E-state index < -0.39 is 0 Å². The fourth-order valence-corrected chi connectivity index (χ4v) is 5.64. The smallest absolute Gasteiger partial charge is 0.275 e. The molecule has 11 heteroatoms. The van der Waals surface area contributed by atoms with Crippen molar-refractivity contribution in [1.29, 1.82) is 0 Å². The number of fused-ring (bicyclic) bond motifs is 1. The number of carbonyl (C=O) groups excluding carboxylic acids is 2. The molecule has 0 bridgehead atoms. The second-order valence-corrected chi connectivity index (χ2v) is 9.72. The number of amides is 2. The zero-order valence-electron chi connectivity index (χ0n) is 21.4. The van der Waals surface area contributed by atoms with Crippen molar-refractivity contribution in [2.75, 3.05) is 52.9 Å². The average molecular weight is 540 g/mol. The number of nitrogens with one attached hydrogen (secondary N) is 1. The van der Waals surface area contributed by atoms with Gasteiger partial charge in [0.05, 0.1) is 31.9 Å². The Balaban J connectivity index is 1.21. The topological polar surface area (TPSA) is 108 Å². The van der Waals surface area contributed by atoms with Crippen LogP contribution in [0.3, 0.4) is 0 Å². The highest BCUT2D eigenvalue weighted by Crippen LogP contribution is 2.41. The number of hydrogen-bond donors (Lipinski definition) is 1. The summed E-state index contributed by atoms with van der Waals surface area (Å²) in [6, 6.07) is 8.71. The minimum absolute atomic E-state index is 0.125. The van der Waals surface area contributed by atoms with E-state index in [1.165, 1.54) is 32.7 Å². The highest BCUT2D eigenvalue weighted by Gasteiger charge is 2.30. The molecule has 1 fully saturated rings. The molecule has 3 heterocycles. The van der Waals surface area contributed by atoms with Crippen LogP contribution in [-0.4, -0.2) is 69.3 Å². The molecule has 0 saturated carbocycles. The standard InChI is InChI=1S/C27H29N3O7S/c1-33-21-7-5-18(23(34-2)24(21)35-3)27(32)30-10-8-16(9-11-30)26-29-19(15-38-26)25(31)28-17-4-6-20-22(14-17)37-13-12-36-20/h4-7,14-16H,8-13H2,1-3H3,(H,28,31). The Kier molecular flexibility index (Phi) is 7.54. The van der Waals surface area contributed by atoms with Gasteiger partial charge in [-0.3, -0.25) is 9.59 Å². The summed E-state index contributed by atoms with van der Waals surface area (Å²) < 4.78 is 27.4. The summed E-state index contributed by atoms with van der Waals surface area (Å²) in [7, 11) is 4.55. The molecule has 200 valence electrons. The Labute approximate surface area is 224 Å². The number of benzene rings is 2. The van der Waals surface area contributed by atoms with Gasteiger partial charge in [-0.15, -0.1) is 11.3 Å². The van der Waals surface area contributed by atoms with Crippen LogP contribution < -0.4 is 29.0 Å². The number of rotatable bonds is 7. The van der Waals surface area contributed by atoms with Gasteiger partial charge in [-0.1, -0.05) is 0 Å². The molecule has 1 N–H and O–H groups in total. The lowest BCUT2D eigenvalue weighted by Crippen LogP contribution is -2.38. The van der Waals surface area contributed by atoms with Crippen molar-refractivity contribution in [2.45, 2.75) is 18.8 Å². The maximum Gasteiger partial charge on any atom is 0.275 e. The van der Waals surface area contributed by atoms with Crippen LogP contribution in [0.15, 0.2) is 35.7 Å². The van der Waals surface area contributed by atoms with Gasteiger partial charge in [0.25, 0.3) is 11.8 Å². The van der Waals surface area contributed by atoms with Crippen molar-refractivity contribution in [3.63, 3.8) is 0 Å². The number of nitrogens with zero attached hydrogens (tertiary/aromatic N) is 2. The van der Waals surface area contributed by atoms with E-state index in [0.717, 1.165) is 17.8 Å². The summed E-state index contributed by atoms with van der Waals surface area (Å²) in [6.45, 7) is 2.13. The number of likely N-dealkylation sites (tertiary alicyclic amines) is 1. The number of thiazole rings is 1. The Morgan fingerprint density at radius 1 is 0.974 bits per heavy atom. The molecule has 2 aliphatic rings. The van der Waals surface area contributed by atoms with Gasteiger partial charge in [-0.25, -0.2) is 4.98 Å². The number of ether oxygens (including phenoxy) is 5. The minimum atomic E-state index is -0.280. The van der Waals surface area contributed by atoms with E-state index in [2.05, 4.69) is 10.3 Å². The monoisotopic (exact) mass is 539 g/mol. The second kappa shape index (κ2) is 11.2. The zero-order chi connectivity index (χ0) is 26.6. The molecule has 2 aliphatic heterocycles. The van der Waals surface area contributed by atoms with Gasteiger partial charge >= 0.3 is 0 Å². The van der Waals surface area contributed by atoms with Crippen LogP contribution in [0.2, 0.25) is 0 Å². The molecule has 2 aromatic carbocycles. The van der Waals surface area contributed by atoms with Crippen LogP contribution in [0.1, 0.15) is 44.6 Å². The van der Waals surface area contributed by atoms with Crippen LogP contribution in [0.25, 0.3) is 0 Å². The van der Waals surface area contributed by atoms with E-state index in [0.29, 0.717) is 72.0 Å². The number of aromatic nitrogens is 1. The summed E-state index contributed by atoms with van der Waals surface area (Å²) >= 11 is 1.47. The molecule has 10 nitrogen and oxygen atoms in total. The second-order valence-electron chi connectivity index (χ2n) is 8.83. The number of hydrogen-bond acceptors (Lipinski definition) is 9. The molecule has 2 amide bonds. The first-order valence-electron chi connectivity index (χ1n) is 12.3. The molecule has 3 aromatic rings. The largest absolute Gasteiger partial charge is 0.493 e. The predicted octanol–water partition coefficient (Wildman–Crippen LogP) is 4.21. The van der Waals surface area contributed by atoms with Crippen LogP contribution in [0.5, 0.6) is 28.7 Å². The lowest BCUT2D eigenvalue weighted by atomic mass is 9.97. The highest BCUT2D eigenvalue weighted by molar-refractivity contribution is 7.10. The third-order valence-electron chi connectivity index (χ3n) is 6.62. The quantitative estimate of drug-likeness (QED) is 0.476. The summed E-state index contributed by atoms with van der Waals surface area (Å²) in [5.74, 6) is 2.29. The number of anilines is 1. The van der Waals surface area contributed by atoms with Crippen molar-refractivity contribution >= 4 is 28.8 Å². The van der Waals surface area contributed by atoms with Gasteiger partial charge < -0.3 is 33.9 Å². The van der Waals surface area contributed by atoms with Crippen molar-refractivity contribution in [3.05, 3.63) is 52.0 Å². The molecular formula is C27H29N3O7S. The normalized spacial score (nSPS) is 15.1.